The summed E-state index contributed by atoms with van der Waals surface area (Å²) < 4.78 is 0. The van der Waals surface area contributed by atoms with Gasteiger partial charge in [0.2, 0.25) is 0 Å². The van der Waals surface area contributed by atoms with Gasteiger partial charge in [0, 0.05) is 18.4 Å². The lowest BCUT2D eigenvalue weighted by atomic mass is 10.0. The van der Waals surface area contributed by atoms with Gasteiger partial charge in [-0.3, -0.25) is 4.98 Å². The van der Waals surface area contributed by atoms with Crippen LogP contribution in [0.25, 0.3) is 0 Å². The van der Waals surface area contributed by atoms with E-state index in [1.165, 1.54) is 16.8 Å². The average Bonchev–Trinajstić information content (AvgIpc) is 2.07. The van der Waals surface area contributed by atoms with Crippen molar-refractivity contribution >= 4 is 0 Å². The predicted octanol–water partition coefficient (Wildman–Crippen LogP) is 2.58. The molecule has 0 radical (unpaired) electrons. The molecule has 1 rings (SSSR count). The van der Waals surface area contributed by atoms with Crippen LogP contribution in [-0.4, -0.2) is 24.0 Å². The van der Waals surface area contributed by atoms with Crippen molar-refractivity contribution in [1.82, 2.24) is 9.88 Å². The van der Waals surface area contributed by atoms with Gasteiger partial charge in [-0.05, 0) is 44.1 Å². The minimum Gasteiger partial charge on any atom is -0.305 e. The van der Waals surface area contributed by atoms with Gasteiger partial charge in [-0.25, -0.2) is 0 Å². The standard InChI is InChI=1S/C12H20N2/c1-9(2)12-6-10(3)11(7-13-12)8-14(4)5/h6-7,9H,8H2,1-5H3. The number of rotatable bonds is 3. The maximum atomic E-state index is 4.47. The average molecular weight is 192 g/mol. The van der Waals surface area contributed by atoms with E-state index in [9.17, 15) is 0 Å². The predicted molar refractivity (Wildman–Crippen MR) is 60.5 cm³/mol. The summed E-state index contributed by atoms with van der Waals surface area (Å²) in [6.07, 6.45) is 2.00. The highest BCUT2D eigenvalue weighted by molar-refractivity contribution is 5.26. The van der Waals surface area contributed by atoms with E-state index in [-0.39, 0.29) is 0 Å². The van der Waals surface area contributed by atoms with Gasteiger partial charge in [-0.2, -0.15) is 0 Å². The van der Waals surface area contributed by atoms with E-state index in [0.29, 0.717) is 5.92 Å². The summed E-state index contributed by atoms with van der Waals surface area (Å²) in [4.78, 5) is 6.63. The summed E-state index contributed by atoms with van der Waals surface area (Å²) in [7, 11) is 4.16. The van der Waals surface area contributed by atoms with Gasteiger partial charge >= 0.3 is 0 Å². The summed E-state index contributed by atoms with van der Waals surface area (Å²) in [5.74, 6) is 0.516. The van der Waals surface area contributed by atoms with Crippen LogP contribution in [0.4, 0.5) is 0 Å². The van der Waals surface area contributed by atoms with Crippen molar-refractivity contribution in [1.29, 1.82) is 0 Å². The van der Waals surface area contributed by atoms with E-state index in [4.69, 9.17) is 0 Å². The molecule has 1 aromatic heterocycles. The molecule has 14 heavy (non-hydrogen) atoms. The Morgan fingerprint density at radius 2 is 2.00 bits per heavy atom. The SMILES string of the molecule is Cc1cc(C(C)C)ncc1CN(C)C. The van der Waals surface area contributed by atoms with Crippen LogP contribution in [0, 0.1) is 6.92 Å². The van der Waals surface area contributed by atoms with Gasteiger partial charge in [-0.15, -0.1) is 0 Å². The first-order chi connectivity index (χ1) is 6.50. The fourth-order valence-corrected chi connectivity index (χ4v) is 1.43. The zero-order valence-corrected chi connectivity index (χ0v) is 9.83. The van der Waals surface area contributed by atoms with Crippen LogP contribution in [0.15, 0.2) is 12.3 Å². The summed E-state index contributed by atoms with van der Waals surface area (Å²) in [6, 6.07) is 2.20. The van der Waals surface area contributed by atoms with Crippen molar-refractivity contribution in [3.8, 4) is 0 Å². The first-order valence-electron chi connectivity index (χ1n) is 5.11. The molecule has 0 aliphatic heterocycles. The second-order valence-electron chi connectivity index (χ2n) is 4.43. The third kappa shape index (κ3) is 2.81. The Labute approximate surface area is 87.0 Å². The Hall–Kier alpha value is -0.890. The molecule has 2 heteroatoms. The van der Waals surface area contributed by atoms with E-state index in [1.54, 1.807) is 0 Å². The molecule has 0 aliphatic carbocycles. The van der Waals surface area contributed by atoms with E-state index in [1.807, 2.05) is 6.20 Å². The molecule has 0 atom stereocenters. The third-order valence-electron chi connectivity index (χ3n) is 2.32. The van der Waals surface area contributed by atoms with E-state index in [0.717, 1.165) is 6.54 Å². The summed E-state index contributed by atoms with van der Waals surface area (Å²) in [5.41, 5.74) is 3.85. The fourth-order valence-electron chi connectivity index (χ4n) is 1.43. The molecular weight excluding hydrogens is 172 g/mol. The summed E-state index contributed by atoms with van der Waals surface area (Å²) >= 11 is 0. The molecule has 2 nitrogen and oxygen atoms in total. The Bertz CT molecular complexity index is 303. The topological polar surface area (TPSA) is 16.1 Å². The van der Waals surface area contributed by atoms with E-state index in [2.05, 4.69) is 50.8 Å². The zero-order valence-electron chi connectivity index (χ0n) is 9.83. The Kier molecular flexibility index (Phi) is 3.64. The van der Waals surface area contributed by atoms with E-state index < -0.39 is 0 Å². The minimum absolute atomic E-state index is 0.516. The molecule has 0 fully saturated rings. The van der Waals surface area contributed by atoms with Crippen molar-refractivity contribution < 1.29 is 0 Å². The quantitative estimate of drug-likeness (QED) is 0.731. The van der Waals surface area contributed by atoms with Crippen LogP contribution in [0.1, 0.15) is 36.6 Å². The molecule has 0 unspecified atom stereocenters. The highest BCUT2D eigenvalue weighted by atomic mass is 15.0. The number of pyridine rings is 1. The van der Waals surface area contributed by atoms with E-state index >= 15 is 0 Å². The number of hydrogen-bond acceptors (Lipinski definition) is 2. The van der Waals surface area contributed by atoms with Crippen LogP contribution in [0.5, 0.6) is 0 Å². The normalized spacial score (nSPS) is 11.4. The Balaban J connectivity index is 2.90. The monoisotopic (exact) mass is 192 g/mol. The maximum absolute atomic E-state index is 4.47. The first kappa shape index (κ1) is 11.2. The Morgan fingerprint density at radius 3 is 2.43 bits per heavy atom. The zero-order chi connectivity index (χ0) is 10.7. The highest BCUT2D eigenvalue weighted by Gasteiger charge is 2.05. The maximum Gasteiger partial charge on any atom is 0.0431 e. The number of aromatic nitrogens is 1. The molecule has 0 spiro atoms. The summed E-state index contributed by atoms with van der Waals surface area (Å²) in [6.45, 7) is 7.48. The first-order valence-corrected chi connectivity index (χ1v) is 5.11. The van der Waals surface area contributed by atoms with Crippen molar-refractivity contribution in [2.45, 2.75) is 33.2 Å². The molecule has 0 saturated carbocycles. The van der Waals surface area contributed by atoms with Gasteiger partial charge in [0.1, 0.15) is 0 Å². The molecule has 0 N–H and O–H groups in total. The molecule has 78 valence electrons. The molecule has 1 heterocycles. The summed E-state index contributed by atoms with van der Waals surface area (Å²) in [5, 5.41) is 0. The molecule has 0 aliphatic rings. The van der Waals surface area contributed by atoms with Gasteiger partial charge < -0.3 is 4.90 Å². The van der Waals surface area contributed by atoms with Crippen molar-refractivity contribution in [2.75, 3.05) is 14.1 Å². The smallest absolute Gasteiger partial charge is 0.0431 e. The van der Waals surface area contributed by atoms with Crippen molar-refractivity contribution in [3.05, 3.63) is 29.1 Å². The number of nitrogens with zero attached hydrogens (tertiary/aromatic N) is 2. The lowest BCUT2D eigenvalue weighted by Crippen LogP contribution is -2.12. The van der Waals surface area contributed by atoms with Crippen LogP contribution >= 0.6 is 0 Å². The number of hydrogen-bond donors (Lipinski definition) is 0. The van der Waals surface area contributed by atoms with Gasteiger partial charge in [0.05, 0.1) is 0 Å². The van der Waals surface area contributed by atoms with Gasteiger partial charge in [0.15, 0.2) is 0 Å². The van der Waals surface area contributed by atoms with Gasteiger partial charge in [-0.1, -0.05) is 13.8 Å². The second kappa shape index (κ2) is 4.56. The largest absolute Gasteiger partial charge is 0.305 e. The van der Waals surface area contributed by atoms with Crippen LogP contribution in [0.2, 0.25) is 0 Å². The second-order valence-corrected chi connectivity index (χ2v) is 4.43. The molecule has 0 aromatic carbocycles. The fraction of sp³-hybridized carbons (Fsp3) is 0.583. The third-order valence-corrected chi connectivity index (χ3v) is 2.32. The number of aryl methyl sites for hydroxylation is 1. The molecule has 0 saturated heterocycles. The molecule has 0 bridgehead atoms. The van der Waals surface area contributed by atoms with Crippen LogP contribution in [-0.2, 0) is 6.54 Å². The minimum atomic E-state index is 0.516. The van der Waals surface area contributed by atoms with Crippen LogP contribution < -0.4 is 0 Å². The molecular formula is C12H20N2. The lowest BCUT2D eigenvalue weighted by molar-refractivity contribution is 0.400. The van der Waals surface area contributed by atoms with Crippen molar-refractivity contribution in [3.63, 3.8) is 0 Å². The lowest BCUT2D eigenvalue weighted by Gasteiger charge is -2.13. The highest BCUT2D eigenvalue weighted by Crippen LogP contribution is 2.16. The molecule has 1 aromatic rings. The van der Waals surface area contributed by atoms with Gasteiger partial charge in [0.25, 0.3) is 0 Å². The van der Waals surface area contributed by atoms with Crippen molar-refractivity contribution in [2.24, 2.45) is 0 Å². The molecule has 0 amide bonds. The van der Waals surface area contributed by atoms with Crippen LogP contribution in [0.3, 0.4) is 0 Å². The Morgan fingerprint density at radius 1 is 1.36 bits per heavy atom.